The van der Waals surface area contributed by atoms with Crippen LogP contribution in [0.2, 0.25) is 0 Å². The van der Waals surface area contributed by atoms with Crippen LogP contribution in [0.1, 0.15) is 44.6 Å². The Hall–Kier alpha value is -1.10. The van der Waals surface area contributed by atoms with E-state index in [-0.39, 0.29) is 18.8 Å². The van der Waals surface area contributed by atoms with Crippen LogP contribution < -0.4 is 10.1 Å². The van der Waals surface area contributed by atoms with Crippen molar-refractivity contribution in [3.63, 3.8) is 0 Å². The Kier molecular flexibility index (Phi) is 6.03. The maximum Gasteiger partial charge on any atom is 0.124 e. The van der Waals surface area contributed by atoms with Crippen molar-refractivity contribution < 1.29 is 14.9 Å². The molecule has 0 aromatic heterocycles. The van der Waals surface area contributed by atoms with Gasteiger partial charge in [-0.05, 0) is 38.2 Å². The Labute approximate surface area is 127 Å². The van der Waals surface area contributed by atoms with E-state index in [4.69, 9.17) is 4.74 Å². The highest BCUT2D eigenvalue weighted by molar-refractivity contribution is 5.32. The number of aliphatic hydroxyl groups excluding tert-OH is 2. The summed E-state index contributed by atoms with van der Waals surface area (Å²) < 4.78 is 5.76. The largest absolute Gasteiger partial charge is 0.493 e. The van der Waals surface area contributed by atoms with Crippen LogP contribution in [-0.2, 0) is 6.61 Å². The number of aliphatic hydroxyl groups is 2. The molecule has 21 heavy (non-hydrogen) atoms. The van der Waals surface area contributed by atoms with Gasteiger partial charge in [0, 0.05) is 17.1 Å². The lowest BCUT2D eigenvalue weighted by Crippen LogP contribution is -2.49. The van der Waals surface area contributed by atoms with Crippen molar-refractivity contribution in [2.45, 2.75) is 57.2 Å². The lowest BCUT2D eigenvalue weighted by Gasteiger charge is -2.32. The van der Waals surface area contributed by atoms with Gasteiger partial charge in [0.2, 0.25) is 0 Å². The molecule has 2 rings (SSSR count). The molecular weight excluding hydrogens is 266 g/mol. The second-order valence-corrected chi connectivity index (χ2v) is 5.93. The molecule has 1 aromatic carbocycles. The first-order valence-corrected chi connectivity index (χ1v) is 7.93. The third-order valence-corrected chi connectivity index (χ3v) is 4.27. The minimum atomic E-state index is -0.166. The number of rotatable bonds is 10. The topological polar surface area (TPSA) is 61.7 Å². The number of ether oxygens (including phenoxy) is 1. The molecule has 1 aromatic rings. The van der Waals surface area contributed by atoms with Crippen molar-refractivity contribution in [3.8, 4) is 5.75 Å². The quantitative estimate of drug-likeness (QED) is 0.579. The van der Waals surface area contributed by atoms with Gasteiger partial charge in [-0.1, -0.05) is 25.1 Å². The van der Waals surface area contributed by atoms with Crippen molar-refractivity contribution in [1.82, 2.24) is 5.32 Å². The molecule has 3 N–H and O–H groups in total. The Morgan fingerprint density at radius 2 is 2.05 bits per heavy atom. The third-order valence-electron chi connectivity index (χ3n) is 4.27. The average molecular weight is 293 g/mol. The zero-order chi connectivity index (χ0) is 15.1. The molecule has 1 atom stereocenters. The van der Waals surface area contributed by atoms with E-state index in [0.29, 0.717) is 12.6 Å². The summed E-state index contributed by atoms with van der Waals surface area (Å²) in [5.41, 5.74) is 0.651. The zero-order valence-electron chi connectivity index (χ0n) is 12.8. The van der Waals surface area contributed by atoms with Gasteiger partial charge in [0.25, 0.3) is 0 Å². The number of benzene rings is 1. The van der Waals surface area contributed by atoms with Gasteiger partial charge in [0.15, 0.2) is 0 Å². The molecule has 0 saturated heterocycles. The van der Waals surface area contributed by atoms with E-state index in [0.717, 1.165) is 30.6 Å². The minimum Gasteiger partial charge on any atom is -0.493 e. The van der Waals surface area contributed by atoms with Gasteiger partial charge in [-0.2, -0.15) is 0 Å². The molecule has 0 aliphatic heterocycles. The van der Waals surface area contributed by atoms with E-state index < -0.39 is 0 Å². The van der Waals surface area contributed by atoms with E-state index in [9.17, 15) is 10.2 Å². The number of hydrogen-bond donors (Lipinski definition) is 3. The van der Waals surface area contributed by atoms with Gasteiger partial charge >= 0.3 is 0 Å². The first kappa shape index (κ1) is 16.3. The molecule has 0 bridgehead atoms. The highest BCUT2D eigenvalue weighted by Crippen LogP contribution is 2.27. The predicted octanol–water partition coefficient (Wildman–Crippen LogP) is 2.23. The summed E-state index contributed by atoms with van der Waals surface area (Å²) in [6.07, 6.45) is 5.16. The fraction of sp³-hybridized carbons (Fsp3) is 0.647. The number of para-hydroxylation sites is 1. The first-order chi connectivity index (χ1) is 10.2. The van der Waals surface area contributed by atoms with Crippen LogP contribution in [0.25, 0.3) is 0 Å². The summed E-state index contributed by atoms with van der Waals surface area (Å²) >= 11 is 0. The van der Waals surface area contributed by atoms with Crippen LogP contribution in [0.4, 0.5) is 0 Å². The van der Waals surface area contributed by atoms with E-state index in [1.54, 1.807) is 0 Å². The van der Waals surface area contributed by atoms with Crippen LogP contribution in [0.5, 0.6) is 5.75 Å². The van der Waals surface area contributed by atoms with Crippen molar-refractivity contribution in [2.75, 3.05) is 13.2 Å². The molecule has 4 nitrogen and oxygen atoms in total. The first-order valence-electron chi connectivity index (χ1n) is 7.93. The van der Waals surface area contributed by atoms with Gasteiger partial charge in [-0.25, -0.2) is 0 Å². The van der Waals surface area contributed by atoms with E-state index in [1.165, 1.54) is 12.8 Å². The monoisotopic (exact) mass is 293 g/mol. The normalized spacial score (nSPS) is 17.5. The van der Waals surface area contributed by atoms with Crippen molar-refractivity contribution >= 4 is 0 Å². The second kappa shape index (κ2) is 7.78. The fourth-order valence-electron chi connectivity index (χ4n) is 2.62. The number of hydrogen-bond acceptors (Lipinski definition) is 4. The number of nitrogens with one attached hydrogen (secondary N) is 1. The summed E-state index contributed by atoms with van der Waals surface area (Å²) in [4.78, 5) is 0. The molecule has 4 heteroatoms. The Balaban J connectivity index is 1.79. The molecule has 0 radical (unpaired) electrons. The molecule has 1 aliphatic rings. The van der Waals surface area contributed by atoms with Crippen LogP contribution in [0.15, 0.2) is 24.3 Å². The zero-order valence-corrected chi connectivity index (χ0v) is 12.8. The van der Waals surface area contributed by atoms with Gasteiger partial charge < -0.3 is 20.3 Å². The summed E-state index contributed by atoms with van der Waals surface area (Å²) in [6, 6.07) is 8.15. The summed E-state index contributed by atoms with van der Waals surface area (Å²) in [7, 11) is 0. The summed E-state index contributed by atoms with van der Waals surface area (Å²) in [6.45, 7) is 2.89. The predicted molar refractivity (Wildman–Crippen MR) is 83.4 cm³/mol. The van der Waals surface area contributed by atoms with Gasteiger partial charge in [0.1, 0.15) is 5.75 Å². The minimum absolute atomic E-state index is 0.00501. The van der Waals surface area contributed by atoms with Crippen LogP contribution >= 0.6 is 0 Å². The van der Waals surface area contributed by atoms with Crippen molar-refractivity contribution in [1.29, 1.82) is 0 Å². The maximum absolute atomic E-state index is 9.72. The highest BCUT2D eigenvalue weighted by atomic mass is 16.5. The van der Waals surface area contributed by atoms with E-state index >= 15 is 0 Å². The maximum atomic E-state index is 9.72. The smallest absolute Gasteiger partial charge is 0.124 e. The molecule has 118 valence electrons. The molecule has 1 fully saturated rings. The highest BCUT2D eigenvalue weighted by Gasteiger charge is 2.33. The molecule has 1 saturated carbocycles. The van der Waals surface area contributed by atoms with Crippen LogP contribution in [-0.4, -0.2) is 35.0 Å². The average Bonchev–Trinajstić information content (AvgIpc) is 3.34. The lowest BCUT2D eigenvalue weighted by molar-refractivity contribution is 0.135. The third kappa shape index (κ3) is 4.70. The molecular formula is C17H27NO3. The molecule has 1 aliphatic carbocycles. The summed E-state index contributed by atoms with van der Waals surface area (Å²) in [5.74, 6) is 0.751. The van der Waals surface area contributed by atoms with Crippen LogP contribution in [0, 0.1) is 0 Å². The van der Waals surface area contributed by atoms with Gasteiger partial charge in [0.05, 0.1) is 19.8 Å². The van der Waals surface area contributed by atoms with Crippen LogP contribution in [0.3, 0.4) is 0 Å². The summed E-state index contributed by atoms with van der Waals surface area (Å²) in [5, 5.41) is 22.6. The lowest BCUT2D eigenvalue weighted by atomic mass is 9.91. The molecule has 0 amide bonds. The standard InChI is InChI=1S/C17H27NO3/c1-2-17(13-20,18-15-8-9-15)10-5-11-21-16-7-4-3-6-14(16)12-19/h3-4,6-7,15,18-20H,2,5,8-13H2,1H3. The molecule has 0 spiro atoms. The fourth-order valence-corrected chi connectivity index (χ4v) is 2.62. The van der Waals surface area contributed by atoms with E-state index in [1.807, 2.05) is 24.3 Å². The molecule has 1 unspecified atom stereocenters. The Morgan fingerprint density at radius 3 is 2.67 bits per heavy atom. The van der Waals surface area contributed by atoms with Crippen molar-refractivity contribution in [2.24, 2.45) is 0 Å². The van der Waals surface area contributed by atoms with Gasteiger partial charge in [-0.3, -0.25) is 0 Å². The Morgan fingerprint density at radius 1 is 1.29 bits per heavy atom. The van der Waals surface area contributed by atoms with Gasteiger partial charge in [-0.15, -0.1) is 0 Å². The SMILES string of the molecule is CCC(CO)(CCCOc1ccccc1CO)NC1CC1. The second-order valence-electron chi connectivity index (χ2n) is 5.93. The van der Waals surface area contributed by atoms with E-state index in [2.05, 4.69) is 12.2 Å². The Bertz CT molecular complexity index is 428. The molecule has 0 heterocycles. The van der Waals surface area contributed by atoms with Crippen molar-refractivity contribution in [3.05, 3.63) is 29.8 Å².